The first kappa shape index (κ1) is 31.7. The third kappa shape index (κ3) is 9.09. The van der Waals surface area contributed by atoms with Crippen LogP contribution in [0.2, 0.25) is 0 Å². The standard InChI is InChI=1S/C33H44N2O2.C3H8/c1-5-15-34-16-17-35-33(36)30-12-11-25-20-26(9-10-27(25)21-30)28-13-14-32(37-4)31(22-28)29-8-6-7-23(2)18-24(3)19-29;1-3-2/h9-14,20-24,29,34H,5-8,15-19H2,1-4H3,(H,35,36);3H2,1-2H3. The van der Waals surface area contributed by atoms with Gasteiger partial charge in [0.15, 0.2) is 0 Å². The van der Waals surface area contributed by atoms with Crippen LogP contribution in [0.25, 0.3) is 21.9 Å². The lowest BCUT2D eigenvalue weighted by Gasteiger charge is -2.28. The zero-order chi connectivity index (χ0) is 28.9. The zero-order valence-electron chi connectivity index (χ0n) is 25.8. The van der Waals surface area contributed by atoms with Crippen LogP contribution in [-0.4, -0.2) is 32.7 Å². The van der Waals surface area contributed by atoms with E-state index in [4.69, 9.17) is 4.74 Å². The van der Waals surface area contributed by atoms with Crippen LogP contribution in [-0.2, 0) is 0 Å². The number of carbonyl (C=O) groups excluding carboxylic acids is 1. The van der Waals surface area contributed by atoms with Crippen LogP contribution in [0.15, 0.2) is 54.6 Å². The van der Waals surface area contributed by atoms with Crippen molar-refractivity contribution in [1.82, 2.24) is 10.6 Å². The van der Waals surface area contributed by atoms with Gasteiger partial charge in [-0.3, -0.25) is 4.79 Å². The molecule has 218 valence electrons. The average molecular weight is 545 g/mol. The van der Waals surface area contributed by atoms with Crippen LogP contribution in [0, 0.1) is 11.8 Å². The van der Waals surface area contributed by atoms with E-state index < -0.39 is 0 Å². The maximum atomic E-state index is 12.6. The Bertz CT molecular complexity index is 1200. The number of fused-ring (bicyclic) bond motifs is 1. The van der Waals surface area contributed by atoms with Gasteiger partial charge in [0.2, 0.25) is 0 Å². The predicted molar refractivity (Wildman–Crippen MR) is 172 cm³/mol. The summed E-state index contributed by atoms with van der Waals surface area (Å²) in [5, 5.41) is 8.54. The number of hydrogen-bond donors (Lipinski definition) is 2. The Balaban J connectivity index is 0.00000141. The van der Waals surface area contributed by atoms with E-state index in [9.17, 15) is 4.79 Å². The Morgan fingerprint density at radius 1 is 0.825 bits per heavy atom. The minimum atomic E-state index is -0.0214. The second-order valence-electron chi connectivity index (χ2n) is 11.8. The van der Waals surface area contributed by atoms with Gasteiger partial charge in [0.25, 0.3) is 5.91 Å². The molecule has 0 radical (unpaired) electrons. The lowest BCUT2D eigenvalue weighted by molar-refractivity contribution is 0.0954. The number of methoxy groups -OCH3 is 1. The van der Waals surface area contributed by atoms with Gasteiger partial charge in [-0.2, -0.15) is 0 Å². The number of hydrogen-bond acceptors (Lipinski definition) is 3. The molecule has 2 N–H and O–H groups in total. The molecule has 4 rings (SSSR count). The molecular weight excluding hydrogens is 492 g/mol. The highest BCUT2D eigenvalue weighted by atomic mass is 16.5. The van der Waals surface area contributed by atoms with Crippen LogP contribution in [0.1, 0.15) is 101 Å². The molecule has 1 fully saturated rings. The molecule has 3 aromatic rings. The topological polar surface area (TPSA) is 50.4 Å². The molecule has 0 aromatic heterocycles. The van der Waals surface area contributed by atoms with Crippen molar-refractivity contribution in [3.05, 3.63) is 65.7 Å². The van der Waals surface area contributed by atoms with Crippen LogP contribution >= 0.6 is 0 Å². The summed E-state index contributed by atoms with van der Waals surface area (Å²) in [7, 11) is 1.79. The summed E-state index contributed by atoms with van der Waals surface area (Å²) < 4.78 is 5.83. The number of nitrogens with one attached hydrogen (secondary N) is 2. The van der Waals surface area contributed by atoms with Crippen molar-refractivity contribution in [2.45, 2.75) is 85.5 Å². The minimum Gasteiger partial charge on any atom is -0.496 e. The smallest absolute Gasteiger partial charge is 0.251 e. The highest BCUT2D eigenvalue weighted by Gasteiger charge is 2.23. The first-order chi connectivity index (χ1) is 19.4. The molecule has 0 aliphatic heterocycles. The predicted octanol–water partition coefficient (Wildman–Crippen LogP) is 8.98. The van der Waals surface area contributed by atoms with E-state index in [-0.39, 0.29) is 5.91 Å². The largest absolute Gasteiger partial charge is 0.496 e. The monoisotopic (exact) mass is 544 g/mol. The Kier molecular flexibility index (Phi) is 13.0. The quantitative estimate of drug-likeness (QED) is 0.264. The van der Waals surface area contributed by atoms with E-state index in [1.807, 2.05) is 12.1 Å². The summed E-state index contributed by atoms with van der Waals surface area (Å²) >= 11 is 0. The Morgan fingerprint density at radius 2 is 1.52 bits per heavy atom. The molecule has 3 unspecified atom stereocenters. The van der Waals surface area contributed by atoms with Gasteiger partial charge in [0.05, 0.1) is 7.11 Å². The Morgan fingerprint density at radius 3 is 2.27 bits per heavy atom. The molecule has 3 aromatic carbocycles. The molecule has 0 saturated heterocycles. The number of amides is 1. The lowest BCUT2D eigenvalue weighted by atomic mass is 9.77. The maximum Gasteiger partial charge on any atom is 0.251 e. The van der Waals surface area contributed by atoms with Gasteiger partial charge >= 0.3 is 0 Å². The van der Waals surface area contributed by atoms with Crippen LogP contribution in [0.5, 0.6) is 5.75 Å². The van der Waals surface area contributed by atoms with Crippen LogP contribution in [0.4, 0.5) is 0 Å². The summed E-state index contributed by atoms with van der Waals surface area (Å²) in [4.78, 5) is 12.6. The SMILES string of the molecule is CCC.CCCNCCNC(=O)c1ccc2cc(-c3ccc(OC)c(C4CCCC(C)CC(C)C4)c3)ccc2c1. The molecule has 0 heterocycles. The summed E-state index contributed by atoms with van der Waals surface area (Å²) in [5.74, 6) is 3.09. The third-order valence-electron chi connectivity index (χ3n) is 7.86. The molecule has 3 atom stereocenters. The highest BCUT2D eigenvalue weighted by Crippen LogP contribution is 2.41. The van der Waals surface area contributed by atoms with Crippen molar-refractivity contribution < 1.29 is 9.53 Å². The van der Waals surface area contributed by atoms with Gasteiger partial charge in [0, 0.05) is 18.7 Å². The molecule has 1 saturated carbocycles. The van der Waals surface area contributed by atoms with Gasteiger partial charge in [-0.05, 0) is 108 Å². The van der Waals surface area contributed by atoms with E-state index in [0.29, 0.717) is 18.0 Å². The van der Waals surface area contributed by atoms with E-state index in [1.54, 1.807) is 7.11 Å². The second-order valence-corrected chi connectivity index (χ2v) is 11.8. The summed E-state index contributed by atoms with van der Waals surface area (Å²) in [5.41, 5.74) is 4.47. The molecule has 1 amide bonds. The number of ether oxygens (including phenoxy) is 1. The van der Waals surface area contributed by atoms with Crippen molar-refractivity contribution in [2.75, 3.05) is 26.7 Å². The lowest BCUT2D eigenvalue weighted by Crippen LogP contribution is -2.32. The molecule has 40 heavy (non-hydrogen) atoms. The fourth-order valence-corrected chi connectivity index (χ4v) is 5.97. The second kappa shape index (κ2) is 16.4. The van der Waals surface area contributed by atoms with E-state index in [1.165, 1.54) is 55.2 Å². The van der Waals surface area contributed by atoms with Crippen LogP contribution in [0.3, 0.4) is 0 Å². The van der Waals surface area contributed by atoms with Crippen molar-refractivity contribution in [1.29, 1.82) is 0 Å². The summed E-state index contributed by atoms with van der Waals surface area (Å²) in [6.45, 7) is 13.6. The van der Waals surface area contributed by atoms with Gasteiger partial charge < -0.3 is 15.4 Å². The fraction of sp³-hybridized carbons (Fsp3) is 0.528. The zero-order valence-corrected chi connectivity index (χ0v) is 25.8. The summed E-state index contributed by atoms with van der Waals surface area (Å²) in [6.07, 6.45) is 8.72. The number of benzene rings is 3. The van der Waals surface area contributed by atoms with Crippen LogP contribution < -0.4 is 15.4 Å². The Hall–Kier alpha value is -2.85. The van der Waals surface area contributed by atoms with Crippen molar-refractivity contribution >= 4 is 16.7 Å². The fourth-order valence-electron chi connectivity index (χ4n) is 5.97. The van der Waals surface area contributed by atoms with Gasteiger partial charge in [-0.15, -0.1) is 0 Å². The van der Waals surface area contributed by atoms with Gasteiger partial charge in [-0.25, -0.2) is 0 Å². The number of carbonyl (C=O) groups is 1. The molecule has 1 aliphatic rings. The highest BCUT2D eigenvalue weighted by molar-refractivity contribution is 5.99. The van der Waals surface area contributed by atoms with Crippen molar-refractivity contribution in [3.8, 4) is 16.9 Å². The maximum absolute atomic E-state index is 12.6. The minimum absolute atomic E-state index is 0.0214. The molecule has 4 nitrogen and oxygen atoms in total. The summed E-state index contributed by atoms with van der Waals surface area (Å²) in [6, 6.07) is 19.2. The molecule has 0 bridgehead atoms. The first-order valence-corrected chi connectivity index (χ1v) is 15.6. The first-order valence-electron chi connectivity index (χ1n) is 15.6. The molecular formula is C36H52N2O2. The van der Waals surface area contributed by atoms with E-state index in [0.717, 1.165) is 47.9 Å². The average Bonchev–Trinajstić information content (AvgIpc) is 2.95. The van der Waals surface area contributed by atoms with Crippen molar-refractivity contribution in [3.63, 3.8) is 0 Å². The Labute approximate surface area is 243 Å². The van der Waals surface area contributed by atoms with Crippen molar-refractivity contribution in [2.24, 2.45) is 11.8 Å². The molecule has 4 heteroatoms. The normalized spacial score (nSPS) is 19.2. The third-order valence-corrected chi connectivity index (χ3v) is 7.86. The van der Waals surface area contributed by atoms with E-state index in [2.05, 4.69) is 87.7 Å². The van der Waals surface area contributed by atoms with Gasteiger partial charge in [0.1, 0.15) is 5.75 Å². The van der Waals surface area contributed by atoms with E-state index >= 15 is 0 Å². The molecule has 0 spiro atoms. The van der Waals surface area contributed by atoms with Gasteiger partial charge in [-0.1, -0.05) is 78.1 Å². The number of rotatable bonds is 9. The molecule has 1 aliphatic carbocycles.